The van der Waals surface area contributed by atoms with Crippen LogP contribution in [0.4, 0.5) is 0 Å². The summed E-state index contributed by atoms with van der Waals surface area (Å²) in [5.41, 5.74) is 0. The van der Waals surface area contributed by atoms with Crippen molar-refractivity contribution in [3.8, 4) is 0 Å². The van der Waals surface area contributed by atoms with Crippen LogP contribution >= 0.6 is 7.82 Å². The Labute approximate surface area is 323 Å². The molecule has 0 heterocycles. The molecule has 0 N–H and O–H groups in total. The van der Waals surface area contributed by atoms with Crippen molar-refractivity contribution in [2.75, 3.05) is 47.5 Å². The van der Waals surface area contributed by atoms with Crippen LogP contribution < -0.4 is 4.89 Å². The SMILES string of the molecule is CC/C=C/C=C/C=C/CCCCCCCC(=O)OC(COC(=O)CCCCCCCC/C=C/C/C=C/C/C=C/CC)COP(=O)([O-])OCC[N+](C)(C)C. The minimum atomic E-state index is -4.63. The van der Waals surface area contributed by atoms with E-state index in [1.54, 1.807) is 0 Å². The topological polar surface area (TPSA) is 111 Å². The molecule has 10 heteroatoms. The first kappa shape index (κ1) is 50.5. The number of unbranched alkanes of at least 4 members (excludes halogenated alkanes) is 11. The van der Waals surface area contributed by atoms with Gasteiger partial charge >= 0.3 is 11.9 Å². The Morgan fingerprint density at radius 1 is 0.604 bits per heavy atom. The lowest BCUT2D eigenvalue weighted by atomic mass is 10.1. The van der Waals surface area contributed by atoms with Crippen LogP contribution in [-0.2, 0) is 32.7 Å². The minimum Gasteiger partial charge on any atom is -0.756 e. The fourth-order valence-electron chi connectivity index (χ4n) is 4.90. The number of hydrogen-bond donors (Lipinski definition) is 0. The zero-order chi connectivity index (χ0) is 39.3. The minimum absolute atomic E-state index is 0.0415. The Balaban J connectivity index is 4.46. The maximum Gasteiger partial charge on any atom is 0.306 e. The molecular formula is C43H74NO8P. The molecule has 2 unspecified atom stereocenters. The first-order valence-electron chi connectivity index (χ1n) is 20.2. The second-order valence-electron chi connectivity index (χ2n) is 14.3. The summed E-state index contributed by atoms with van der Waals surface area (Å²) >= 11 is 0. The number of carbonyl (C=O) groups excluding carboxylic acids is 2. The summed E-state index contributed by atoms with van der Waals surface area (Å²) < 4.78 is 33.8. The number of phosphoric ester groups is 1. The van der Waals surface area contributed by atoms with Crippen molar-refractivity contribution >= 4 is 19.8 Å². The van der Waals surface area contributed by atoms with Crippen molar-refractivity contribution in [3.05, 3.63) is 72.9 Å². The van der Waals surface area contributed by atoms with Gasteiger partial charge in [0.25, 0.3) is 7.82 Å². The van der Waals surface area contributed by atoms with Crippen molar-refractivity contribution in [2.45, 2.75) is 142 Å². The summed E-state index contributed by atoms with van der Waals surface area (Å²) in [7, 11) is 1.13. The van der Waals surface area contributed by atoms with Gasteiger partial charge < -0.3 is 27.9 Å². The molecule has 53 heavy (non-hydrogen) atoms. The highest BCUT2D eigenvalue weighted by atomic mass is 31.2. The summed E-state index contributed by atoms with van der Waals surface area (Å²) in [5, 5.41) is 0. The highest BCUT2D eigenvalue weighted by Gasteiger charge is 2.21. The molecule has 0 amide bonds. The standard InChI is InChI=1S/C43H74NO8P/c1-6-8-10-12-14-16-18-20-21-22-24-25-27-29-31-33-35-42(45)49-39-41(40-51-53(47,48)50-38-37-44(3,4)5)52-43(46)36-34-32-30-28-26-23-19-17-15-13-11-9-7-2/h8-11,13-17,19-21,41H,6-7,12,18,22-40H2,1-5H3/b10-8+,11-9+,15-13+,16-14+,19-17+,21-20+. The van der Waals surface area contributed by atoms with Gasteiger partial charge in [0.05, 0.1) is 27.7 Å². The second-order valence-corrected chi connectivity index (χ2v) is 15.7. The number of likely N-dealkylation sites (N-methyl/N-ethyl adjacent to an activating group) is 1. The van der Waals surface area contributed by atoms with Crippen LogP contribution in [0.5, 0.6) is 0 Å². The van der Waals surface area contributed by atoms with E-state index in [0.29, 0.717) is 23.9 Å². The molecule has 0 aliphatic carbocycles. The van der Waals surface area contributed by atoms with Gasteiger partial charge in [0.2, 0.25) is 0 Å². The van der Waals surface area contributed by atoms with E-state index >= 15 is 0 Å². The molecule has 0 aromatic carbocycles. The zero-order valence-electron chi connectivity index (χ0n) is 33.9. The second kappa shape index (κ2) is 35.2. The fourth-order valence-corrected chi connectivity index (χ4v) is 5.63. The van der Waals surface area contributed by atoms with Gasteiger partial charge in [0, 0.05) is 12.8 Å². The number of esters is 2. The molecule has 0 saturated heterocycles. The molecule has 0 rings (SSSR count). The van der Waals surface area contributed by atoms with Crippen molar-refractivity contribution in [1.29, 1.82) is 0 Å². The Hall–Kier alpha value is -2.55. The van der Waals surface area contributed by atoms with E-state index in [9.17, 15) is 19.0 Å². The maximum absolute atomic E-state index is 12.6. The third-order valence-electron chi connectivity index (χ3n) is 8.03. The molecule has 0 spiro atoms. The van der Waals surface area contributed by atoms with Crippen LogP contribution in [0.2, 0.25) is 0 Å². The van der Waals surface area contributed by atoms with Gasteiger partial charge in [-0.15, -0.1) is 0 Å². The van der Waals surface area contributed by atoms with Gasteiger partial charge in [-0.3, -0.25) is 14.2 Å². The normalized spacial score (nSPS) is 14.5. The van der Waals surface area contributed by atoms with Crippen molar-refractivity contribution < 1.29 is 42.1 Å². The Kier molecular flexibility index (Phi) is 33.5. The van der Waals surface area contributed by atoms with E-state index in [1.807, 2.05) is 39.4 Å². The van der Waals surface area contributed by atoms with Crippen LogP contribution in [0.25, 0.3) is 0 Å². The lowest BCUT2D eigenvalue weighted by molar-refractivity contribution is -0.870. The first-order valence-corrected chi connectivity index (χ1v) is 21.6. The van der Waals surface area contributed by atoms with Gasteiger partial charge in [-0.2, -0.15) is 0 Å². The molecule has 0 aliphatic heterocycles. The Morgan fingerprint density at radius 2 is 1.11 bits per heavy atom. The Morgan fingerprint density at radius 3 is 1.72 bits per heavy atom. The zero-order valence-corrected chi connectivity index (χ0v) is 34.8. The summed E-state index contributed by atoms with van der Waals surface area (Å²) in [6.45, 7) is 3.91. The number of rotatable bonds is 35. The van der Waals surface area contributed by atoms with Gasteiger partial charge in [0.15, 0.2) is 6.10 Å². The van der Waals surface area contributed by atoms with Crippen LogP contribution in [-0.4, -0.2) is 70.0 Å². The van der Waals surface area contributed by atoms with Crippen LogP contribution in [0, 0.1) is 0 Å². The fraction of sp³-hybridized carbons (Fsp3) is 0.674. The number of nitrogens with zero attached hydrogens (tertiary/aromatic N) is 1. The smallest absolute Gasteiger partial charge is 0.306 e. The van der Waals surface area contributed by atoms with Gasteiger partial charge in [0.1, 0.15) is 19.8 Å². The van der Waals surface area contributed by atoms with E-state index in [4.69, 9.17) is 18.5 Å². The average Bonchev–Trinajstić information content (AvgIpc) is 3.10. The quantitative estimate of drug-likeness (QED) is 0.0157. The molecule has 9 nitrogen and oxygen atoms in total. The lowest BCUT2D eigenvalue weighted by Gasteiger charge is -2.28. The van der Waals surface area contributed by atoms with Crippen LogP contribution in [0.3, 0.4) is 0 Å². The third kappa shape index (κ3) is 39.0. The van der Waals surface area contributed by atoms with Crippen molar-refractivity contribution in [2.24, 2.45) is 0 Å². The average molecular weight is 764 g/mol. The summed E-state index contributed by atoms with van der Waals surface area (Å²) in [5.74, 6) is -0.883. The number of ether oxygens (including phenoxy) is 2. The molecule has 0 bridgehead atoms. The first-order chi connectivity index (χ1) is 25.5. The number of quaternary nitrogens is 1. The molecule has 304 valence electrons. The molecule has 2 atom stereocenters. The van der Waals surface area contributed by atoms with Crippen LogP contribution in [0.1, 0.15) is 136 Å². The molecule has 0 aliphatic rings. The van der Waals surface area contributed by atoms with Gasteiger partial charge in [-0.25, -0.2) is 0 Å². The summed E-state index contributed by atoms with van der Waals surface area (Å²) in [6.07, 6.45) is 42.1. The van der Waals surface area contributed by atoms with E-state index in [1.165, 1.54) is 0 Å². The molecule has 0 aromatic rings. The molecular weight excluding hydrogens is 689 g/mol. The maximum atomic E-state index is 12.6. The van der Waals surface area contributed by atoms with Crippen molar-refractivity contribution in [3.63, 3.8) is 0 Å². The molecule has 0 fully saturated rings. The van der Waals surface area contributed by atoms with Gasteiger partial charge in [-0.1, -0.05) is 132 Å². The highest BCUT2D eigenvalue weighted by Crippen LogP contribution is 2.38. The number of hydrogen-bond acceptors (Lipinski definition) is 8. The van der Waals surface area contributed by atoms with E-state index in [-0.39, 0.29) is 26.1 Å². The summed E-state index contributed by atoms with van der Waals surface area (Å²) in [6, 6.07) is 0. The molecule has 0 aromatic heterocycles. The predicted octanol–water partition coefficient (Wildman–Crippen LogP) is 10.4. The molecule has 0 radical (unpaired) electrons. The number of allylic oxidation sites excluding steroid dienone is 12. The largest absolute Gasteiger partial charge is 0.756 e. The highest BCUT2D eigenvalue weighted by molar-refractivity contribution is 7.45. The van der Waals surface area contributed by atoms with Gasteiger partial charge in [-0.05, 0) is 64.2 Å². The molecule has 0 saturated carbocycles. The number of carbonyl (C=O) groups is 2. The Bertz CT molecular complexity index is 1140. The van der Waals surface area contributed by atoms with E-state index in [0.717, 1.165) is 96.3 Å². The summed E-state index contributed by atoms with van der Waals surface area (Å²) in [4.78, 5) is 37.4. The van der Waals surface area contributed by atoms with Crippen molar-refractivity contribution in [1.82, 2.24) is 0 Å². The lowest BCUT2D eigenvalue weighted by Crippen LogP contribution is -2.37. The number of phosphoric acid groups is 1. The third-order valence-corrected chi connectivity index (χ3v) is 9.00. The van der Waals surface area contributed by atoms with E-state index < -0.39 is 32.5 Å². The predicted molar refractivity (Wildman–Crippen MR) is 217 cm³/mol. The van der Waals surface area contributed by atoms with Crippen LogP contribution in [0.15, 0.2) is 72.9 Å². The van der Waals surface area contributed by atoms with E-state index in [2.05, 4.69) is 68.5 Å². The monoisotopic (exact) mass is 764 g/mol.